The van der Waals surface area contributed by atoms with Gasteiger partial charge in [-0.15, -0.1) is 11.3 Å². The maximum absolute atomic E-state index is 13.3. The molecule has 1 aromatic carbocycles. The molecule has 4 heteroatoms. The predicted octanol–water partition coefficient (Wildman–Crippen LogP) is 4.82. The number of benzene rings is 1. The van der Waals surface area contributed by atoms with Gasteiger partial charge in [-0.05, 0) is 61.5 Å². The van der Waals surface area contributed by atoms with E-state index in [0.29, 0.717) is 5.02 Å². The molecule has 1 unspecified atom stereocenters. The zero-order valence-corrected chi connectivity index (χ0v) is 12.4. The highest BCUT2D eigenvalue weighted by Crippen LogP contribution is 2.27. The van der Waals surface area contributed by atoms with Gasteiger partial charge in [-0.1, -0.05) is 17.7 Å². The minimum atomic E-state index is -0.238. The highest BCUT2D eigenvalue weighted by atomic mass is 35.5. The van der Waals surface area contributed by atoms with E-state index >= 15 is 0 Å². The van der Waals surface area contributed by atoms with E-state index in [9.17, 15) is 4.39 Å². The van der Waals surface area contributed by atoms with Gasteiger partial charge < -0.3 is 5.32 Å². The Bertz CT molecular complexity index is 513. The summed E-state index contributed by atoms with van der Waals surface area (Å²) in [4.78, 5) is 1.39. The van der Waals surface area contributed by atoms with Crippen LogP contribution in [-0.4, -0.2) is 7.05 Å². The lowest BCUT2D eigenvalue weighted by atomic mass is 10.0. The first-order chi connectivity index (χ1) is 9.20. The molecule has 0 bridgehead atoms. The van der Waals surface area contributed by atoms with Crippen LogP contribution in [0.1, 0.15) is 29.3 Å². The fraction of sp³-hybridized carbons (Fsp3) is 0.333. The number of aryl methyl sites for hydroxylation is 1. The topological polar surface area (TPSA) is 12.0 Å². The van der Waals surface area contributed by atoms with Crippen molar-refractivity contribution in [3.63, 3.8) is 0 Å². The minimum absolute atomic E-state index is 0.100. The molecule has 0 aliphatic rings. The molecule has 1 heterocycles. The molecule has 0 fully saturated rings. The summed E-state index contributed by atoms with van der Waals surface area (Å²) < 4.78 is 13.3. The van der Waals surface area contributed by atoms with E-state index < -0.39 is 0 Å². The van der Waals surface area contributed by atoms with E-state index in [-0.39, 0.29) is 11.9 Å². The first-order valence-electron chi connectivity index (χ1n) is 6.35. The number of nitrogens with one attached hydrogen (secondary N) is 1. The molecule has 1 atom stereocenters. The fourth-order valence-corrected chi connectivity index (χ4v) is 3.17. The van der Waals surface area contributed by atoms with Crippen LogP contribution in [-0.2, 0) is 6.42 Å². The Kier molecular flexibility index (Phi) is 5.37. The van der Waals surface area contributed by atoms with E-state index in [1.54, 1.807) is 17.4 Å². The normalized spacial score (nSPS) is 12.6. The Balaban J connectivity index is 1.97. The number of thiophene rings is 1. The van der Waals surface area contributed by atoms with Crippen molar-refractivity contribution >= 4 is 22.9 Å². The van der Waals surface area contributed by atoms with Crippen molar-refractivity contribution in [1.29, 1.82) is 0 Å². The number of halogens is 2. The van der Waals surface area contributed by atoms with Crippen LogP contribution < -0.4 is 5.32 Å². The van der Waals surface area contributed by atoms with Crippen LogP contribution in [0.3, 0.4) is 0 Å². The average molecular weight is 298 g/mol. The molecular weight excluding hydrogens is 281 g/mol. The van der Waals surface area contributed by atoms with Crippen molar-refractivity contribution in [2.24, 2.45) is 0 Å². The lowest BCUT2D eigenvalue weighted by molar-refractivity contribution is 0.523. The van der Waals surface area contributed by atoms with Crippen molar-refractivity contribution in [1.82, 2.24) is 5.32 Å². The molecule has 1 aromatic heterocycles. The van der Waals surface area contributed by atoms with Crippen LogP contribution >= 0.6 is 22.9 Å². The van der Waals surface area contributed by atoms with Gasteiger partial charge in [0, 0.05) is 15.9 Å². The van der Waals surface area contributed by atoms with Gasteiger partial charge in [-0.2, -0.15) is 0 Å². The maximum Gasteiger partial charge on any atom is 0.123 e. The van der Waals surface area contributed by atoms with Crippen molar-refractivity contribution in [3.8, 4) is 0 Å². The zero-order valence-electron chi connectivity index (χ0n) is 10.8. The third-order valence-corrected chi connectivity index (χ3v) is 4.46. The molecule has 1 nitrogen and oxygen atoms in total. The van der Waals surface area contributed by atoms with Crippen molar-refractivity contribution in [2.75, 3.05) is 7.05 Å². The van der Waals surface area contributed by atoms with Crippen LogP contribution in [0.2, 0.25) is 5.02 Å². The predicted molar refractivity (Wildman–Crippen MR) is 80.5 cm³/mol. The molecule has 0 aliphatic heterocycles. The molecule has 19 heavy (non-hydrogen) atoms. The number of rotatable bonds is 6. The minimum Gasteiger partial charge on any atom is -0.313 e. The highest BCUT2D eigenvalue weighted by molar-refractivity contribution is 7.09. The monoisotopic (exact) mass is 297 g/mol. The van der Waals surface area contributed by atoms with Crippen LogP contribution in [0.15, 0.2) is 35.7 Å². The molecule has 2 rings (SSSR count). The lowest BCUT2D eigenvalue weighted by Gasteiger charge is -2.18. The Morgan fingerprint density at radius 2 is 2.21 bits per heavy atom. The number of hydrogen-bond acceptors (Lipinski definition) is 2. The van der Waals surface area contributed by atoms with Crippen molar-refractivity contribution in [2.45, 2.75) is 25.3 Å². The molecular formula is C15H17ClFNS. The largest absolute Gasteiger partial charge is 0.313 e. The Morgan fingerprint density at radius 1 is 1.37 bits per heavy atom. The average Bonchev–Trinajstić information content (AvgIpc) is 2.91. The molecule has 0 aliphatic carbocycles. The van der Waals surface area contributed by atoms with E-state index in [4.69, 9.17) is 11.6 Å². The first kappa shape index (κ1) is 14.5. The van der Waals surface area contributed by atoms with Crippen LogP contribution in [0, 0.1) is 5.82 Å². The van der Waals surface area contributed by atoms with Gasteiger partial charge in [0.15, 0.2) is 0 Å². The Labute approximate surface area is 122 Å². The lowest BCUT2D eigenvalue weighted by Crippen LogP contribution is -2.17. The summed E-state index contributed by atoms with van der Waals surface area (Å²) in [6.07, 6.45) is 3.05. The summed E-state index contributed by atoms with van der Waals surface area (Å²) in [5.41, 5.74) is 0.843. The zero-order chi connectivity index (χ0) is 13.7. The summed E-state index contributed by atoms with van der Waals surface area (Å²) in [6.45, 7) is 0. The van der Waals surface area contributed by atoms with E-state index in [0.717, 1.165) is 24.8 Å². The second kappa shape index (κ2) is 7.04. The van der Waals surface area contributed by atoms with Gasteiger partial charge in [0.05, 0.1) is 0 Å². The smallest absolute Gasteiger partial charge is 0.123 e. The Morgan fingerprint density at radius 3 is 2.89 bits per heavy atom. The Hall–Kier alpha value is -0.900. The standard InChI is InChI=1S/C15H17ClFNS/c1-18-15(6-2-4-12-5-3-9-19-12)13-10-11(17)7-8-14(13)16/h3,5,7-10,15,18H,2,4,6H2,1H3. The third-order valence-electron chi connectivity index (χ3n) is 3.18. The van der Waals surface area contributed by atoms with Crippen molar-refractivity contribution in [3.05, 3.63) is 57.0 Å². The molecule has 0 spiro atoms. The van der Waals surface area contributed by atoms with Gasteiger partial charge >= 0.3 is 0 Å². The molecule has 2 aromatic rings. The molecule has 1 N–H and O–H groups in total. The summed E-state index contributed by atoms with van der Waals surface area (Å²) >= 11 is 7.92. The maximum atomic E-state index is 13.3. The summed E-state index contributed by atoms with van der Waals surface area (Å²) in [5, 5.41) is 5.93. The van der Waals surface area contributed by atoms with Gasteiger partial charge in [-0.25, -0.2) is 4.39 Å². The number of hydrogen-bond donors (Lipinski definition) is 1. The van der Waals surface area contributed by atoms with Gasteiger partial charge in [0.2, 0.25) is 0 Å². The second-order valence-corrected chi connectivity index (χ2v) is 5.92. The van der Waals surface area contributed by atoms with E-state index in [1.807, 2.05) is 7.05 Å². The van der Waals surface area contributed by atoms with Crippen molar-refractivity contribution < 1.29 is 4.39 Å². The van der Waals surface area contributed by atoms with Gasteiger partial charge in [0.1, 0.15) is 5.82 Å². The molecule has 0 saturated carbocycles. The molecule has 0 saturated heterocycles. The summed E-state index contributed by atoms with van der Waals surface area (Å²) in [7, 11) is 1.89. The summed E-state index contributed by atoms with van der Waals surface area (Å²) in [6, 6.07) is 8.85. The van der Waals surface area contributed by atoms with E-state index in [2.05, 4.69) is 22.8 Å². The molecule has 0 amide bonds. The quantitative estimate of drug-likeness (QED) is 0.806. The van der Waals surface area contributed by atoms with Crippen LogP contribution in [0.25, 0.3) is 0 Å². The van der Waals surface area contributed by atoms with Gasteiger partial charge in [0.25, 0.3) is 0 Å². The third kappa shape index (κ3) is 4.03. The highest BCUT2D eigenvalue weighted by Gasteiger charge is 2.13. The first-order valence-corrected chi connectivity index (χ1v) is 7.61. The molecule has 102 valence electrons. The SMILES string of the molecule is CNC(CCCc1cccs1)c1cc(F)ccc1Cl. The fourth-order valence-electron chi connectivity index (χ4n) is 2.17. The summed E-state index contributed by atoms with van der Waals surface area (Å²) in [5.74, 6) is -0.238. The molecule has 0 radical (unpaired) electrons. The van der Waals surface area contributed by atoms with Crippen LogP contribution in [0.4, 0.5) is 4.39 Å². The van der Waals surface area contributed by atoms with E-state index in [1.165, 1.54) is 17.0 Å². The second-order valence-electron chi connectivity index (χ2n) is 4.48. The van der Waals surface area contributed by atoms with Gasteiger partial charge in [-0.3, -0.25) is 0 Å². The van der Waals surface area contributed by atoms with Crippen LogP contribution in [0.5, 0.6) is 0 Å².